The summed E-state index contributed by atoms with van der Waals surface area (Å²) in [5.74, 6) is 1.59. The second-order valence-electron chi connectivity index (χ2n) is 6.44. The molecule has 0 radical (unpaired) electrons. The summed E-state index contributed by atoms with van der Waals surface area (Å²) in [5, 5.41) is 0. The maximum absolute atomic E-state index is 12.7. The molecule has 1 amide bonds. The molecular formula is C21H26N2O3. The number of hydrogen-bond acceptors (Lipinski definition) is 4. The summed E-state index contributed by atoms with van der Waals surface area (Å²) in [6.07, 6.45) is 0.984. The van der Waals surface area contributed by atoms with Gasteiger partial charge in [-0.25, -0.2) is 0 Å². The Kier molecular flexibility index (Phi) is 6.12. The van der Waals surface area contributed by atoms with Gasteiger partial charge in [0.2, 0.25) is 0 Å². The standard InChI is InChI=1S/C21H26N2O3/c1-25-18-7-5-6-17(16-18)10-11-22-12-14-23(15-13-22)21(24)19-8-3-4-9-20(19)26-2/h3-9,16H,10-15H2,1-2H3. The molecule has 0 atom stereocenters. The smallest absolute Gasteiger partial charge is 0.257 e. The minimum atomic E-state index is 0.0508. The Hall–Kier alpha value is -2.53. The van der Waals surface area contributed by atoms with Crippen molar-refractivity contribution in [3.05, 3.63) is 59.7 Å². The third-order valence-corrected chi connectivity index (χ3v) is 4.85. The molecule has 3 rings (SSSR count). The van der Waals surface area contributed by atoms with Gasteiger partial charge in [0.05, 0.1) is 19.8 Å². The second-order valence-corrected chi connectivity index (χ2v) is 6.44. The zero-order chi connectivity index (χ0) is 18.4. The lowest BCUT2D eigenvalue weighted by molar-refractivity contribution is 0.0635. The Morgan fingerprint density at radius 1 is 0.962 bits per heavy atom. The van der Waals surface area contributed by atoms with Crippen LogP contribution in [-0.4, -0.2) is 62.7 Å². The van der Waals surface area contributed by atoms with E-state index in [9.17, 15) is 4.79 Å². The normalized spacial score (nSPS) is 14.9. The number of rotatable bonds is 6. The van der Waals surface area contributed by atoms with Gasteiger partial charge in [-0.1, -0.05) is 24.3 Å². The van der Waals surface area contributed by atoms with E-state index in [2.05, 4.69) is 17.0 Å². The fourth-order valence-electron chi connectivity index (χ4n) is 3.28. The molecule has 1 aliphatic rings. The van der Waals surface area contributed by atoms with Crippen molar-refractivity contribution in [3.8, 4) is 11.5 Å². The van der Waals surface area contributed by atoms with Crippen molar-refractivity contribution in [3.63, 3.8) is 0 Å². The Balaban J connectivity index is 1.51. The minimum absolute atomic E-state index is 0.0508. The van der Waals surface area contributed by atoms with Crippen molar-refractivity contribution in [2.75, 3.05) is 46.9 Å². The van der Waals surface area contributed by atoms with Gasteiger partial charge in [0.25, 0.3) is 5.91 Å². The Bertz CT molecular complexity index is 740. The van der Waals surface area contributed by atoms with E-state index in [4.69, 9.17) is 9.47 Å². The highest BCUT2D eigenvalue weighted by Gasteiger charge is 2.23. The summed E-state index contributed by atoms with van der Waals surface area (Å²) in [7, 11) is 3.29. The van der Waals surface area contributed by atoms with E-state index in [0.29, 0.717) is 11.3 Å². The third-order valence-electron chi connectivity index (χ3n) is 4.85. The Labute approximate surface area is 155 Å². The summed E-state index contributed by atoms with van der Waals surface area (Å²) in [5.41, 5.74) is 1.91. The van der Waals surface area contributed by atoms with E-state index < -0.39 is 0 Å². The van der Waals surface area contributed by atoms with Crippen LogP contribution in [0.3, 0.4) is 0 Å². The number of methoxy groups -OCH3 is 2. The zero-order valence-electron chi connectivity index (χ0n) is 15.5. The van der Waals surface area contributed by atoms with Crippen molar-refractivity contribution >= 4 is 5.91 Å². The zero-order valence-corrected chi connectivity index (χ0v) is 15.5. The van der Waals surface area contributed by atoms with Crippen molar-refractivity contribution in [2.24, 2.45) is 0 Å². The van der Waals surface area contributed by atoms with Crippen LogP contribution in [0.15, 0.2) is 48.5 Å². The number of carbonyl (C=O) groups is 1. The molecule has 2 aromatic rings. The number of ether oxygens (including phenoxy) is 2. The van der Waals surface area contributed by atoms with Gasteiger partial charge in [0, 0.05) is 32.7 Å². The number of benzene rings is 2. The molecule has 0 saturated carbocycles. The summed E-state index contributed by atoms with van der Waals surface area (Å²) < 4.78 is 10.6. The molecule has 1 aliphatic heterocycles. The highest BCUT2D eigenvalue weighted by atomic mass is 16.5. The summed E-state index contributed by atoms with van der Waals surface area (Å²) in [6, 6.07) is 15.6. The van der Waals surface area contributed by atoms with E-state index in [1.165, 1.54) is 5.56 Å². The molecule has 1 heterocycles. The first-order chi connectivity index (χ1) is 12.7. The average molecular weight is 354 g/mol. The van der Waals surface area contributed by atoms with E-state index in [1.54, 1.807) is 14.2 Å². The quantitative estimate of drug-likeness (QED) is 0.800. The lowest BCUT2D eigenvalue weighted by Crippen LogP contribution is -2.49. The predicted octanol–water partition coefficient (Wildman–Crippen LogP) is 2.70. The first-order valence-electron chi connectivity index (χ1n) is 8.99. The molecule has 0 aromatic heterocycles. The van der Waals surface area contributed by atoms with E-state index in [0.717, 1.165) is 44.9 Å². The van der Waals surface area contributed by atoms with Gasteiger partial charge < -0.3 is 14.4 Å². The third kappa shape index (κ3) is 4.35. The lowest BCUT2D eigenvalue weighted by Gasteiger charge is -2.35. The molecule has 0 spiro atoms. The minimum Gasteiger partial charge on any atom is -0.497 e. The molecule has 0 unspecified atom stereocenters. The van der Waals surface area contributed by atoms with Crippen LogP contribution >= 0.6 is 0 Å². The van der Waals surface area contributed by atoms with Gasteiger partial charge in [-0.2, -0.15) is 0 Å². The number of piperazine rings is 1. The fourth-order valence-corrected chi connectivity index (χ4v) is 3.28. The molecule has 0 aliphatic carbocycles. The van der Waals surface area contributed by atoms with Crippen LogP contribution in [0.4, 0.5) is 0 Å². The number of nitrogens with zero attached hydrogens (tertiary/aromatic N) is 2. The molecular weight excluding hydrogens is 328 g/mol. The van der Waals surface area contributed by atoms with Gasteiger partial charge in [-0.15, -0.1) is 0 Å². The largest absolute Gasteiger partial charge is 0.497 e. The SMILES string of the molecule is COc1cccc(CCN2CCN(C(=O)c3ccccc3OC)CC2)c1. The van der Waals surface area contributed by atoms with Crippen molar-refractivity contribution < 1.29 is 14.3 Å². The van der Waals surface area contributed by atoms with E-state index in [1.807, 2.05) is 41.3 Å². The first kappa shape index (κ1) is 18.3. The summed E-state index contributed by atoms with van der Waals surface area (Å²) in [4.78, 5) is 17.1. The molecule has 0 N–H and O–H groups in total. The monoisotopic (exact) mass is 354 g/mol. The summed E-state index contributed by atoms with van der Waals surface area (Å²) >= 11 is 0. The van der Waals surface area contributed by atoms with Crippen LogP contribution in [0.5, 0.6) is 11.5 Å². The van der Waals surface area contributed by atoms with Crippen molar-refractivity contribution in [1.29, 1.82) is 0 Å². The van der Waals surface area contributed by atoms with E-state index >= 15 is 0 Å². The molecule has 1 saturated heterocycles. The lowest BCUT2D eigenvalue weighted by atomic mass is 10.1. The molecule has 138 valence electrons. The molecule has 0 bridgehead atoms. The molecule has 2 aromatic carbocycles. The van der Waals surface area contributed by atoms with Crippen LogP contribution in [0.1, 0.15) is 15.9 Å². The van der Waals surface area contributed by atoms with Gasteiger partial charge in [-0.05, 0) is 36.2 Å². The molecule has 1 fully saturated rings. The van der Waals surface area contributed by atoms with Gasteiger partial charge in [-0.3, -0.25) is 9.69 Å². The highest BCUT2D eigenvalue weighted by Crippen LogP contribution is 2.20. The molecule has 5 heteroatoms. The summed E-state index contributed by atoms with van der Waals surface area (Å²) in [6.45, 7) is 4.27. The van der Waals surface area contributed by atoms with Crippen LogP contribution in [0, 0.1) is 0 Å². The maximum atomic E-state index is 12.7. The van der Waals surface area contributed by atoms with Crippen molar-refractivity contribution in [1.82, 2.24) is 9.80 Å². The van der Waals surface area contributed by atoms with Gasteiger partial charge >= 0.3 is 0 Å². The van der Waals surface area contributed by atoms with Crippen LogP contribution < -0.4 is 9.47 Å². The number of amides is 1. The molecule has 5 nitrogen and oxygen atoms in total. The first-order valence-corrected chi connectivity index (χ1v) is 8.99. The second kappa shape index (κ2) is 8.72. The van der Waals surface area contributed by atoms with Crippen LogP contribution in [-0.2, 0) is 6.42 Å². The Morgan fingerprint density at radius 2 is 1.73 bits per heavy atom. The van der Waals surface area contributed by atoms with Gasteiger partial charge in [0.1, 0.15) is 11.5 Å². The highest BCUT2D eigenvalue weighted by molar-refractivity contribution is 5.97. The predicted molar refractivity (Wildman–Crippen MR) is 102 cm³/mol. The topological polar surface area (TPSA) is 42.0 Å². The maximum Gasteiger partial charge on any atom is 0.257 e. The average Bonchev–Trinajstić information content (AvgIpc) is 2.72. The van der Waals surface area contributed by atoms with Gasteiger partial charge in [0.15, 0.2) is 0 Å². The van der Waals surface area contributed by atoms with E-state index in [-0.39, 0.29) is 5.91 Å². The molecule has 26 heavy (non-hydrogen) atoms. The number of carbonyl (C=O) groups excluding carboxylic acids is 1. The fraction of sp³-hybridized carbons (Fsp3) is 0.381. The number of para-hydroxylation sites is 1. The Morgan fingerprint density at radius 3 is 2.46 bits per heavy atom. The van der Waals surface area contributed by atoms with Crippen molar-refractivity contribution in [2.45, 2.75) is 6.42 Å². The van der Waals surface area contributed by atoms with Crippen LogP contribution in [0.25, 0.3) is 0 Å². The van der Waals surface area contributed by atoms with Crippen LogP contribution in [0.2, 0.25) is 0 Å². The number of hydrogen-bond donors (Lipinski definition) is 0.